The lowest BCUT2D eigenvalue weighted by molar-refractivity contribution is -0.137. The Labute approximate surface area is 159 Å². The van der Waals surface area contributed by atoms with E-state index in [2.05, 4.69) is 9.97 Å². The molecule has 2 heterocycles. The minimum Gasteiger partial charge on any atom is -0.439 e. The first-order valence-corrected chi connectivity index (χ1v) is 8.41. The SMILES string of the molecule is CCN(C(=O)c1ccc(Oc2cccc(C(F)(F)F)c2)nc1)c1cccnc1. The lowest BCUT2D eigenvalue weighted by Crippen LogP contribution is -2.30. The molecule has 0 atom stereocenters. The topological polar surface area (TPSA) is 55.3 Å². The molecule has 0 aliphatic rings. The molecule has 144 valence electrons. The number of alkyl halides is 3. The first kappa shape index (κ1) is 19.3. The summed E-state index contributed by atoms with van der Waals surface area (Å²) in [6, 6.07) is 11.0. The standard InChI is InChI=1S/C20H16F3N3O2/c1-2-26(16-6-4-10-24-13-16)19(27)14-8-9-18(25-12-14)28-17-7-3-5-15(11-17)20(21,22)23/h3-13H,2H2,1H3. The Morgan fingerprint density at radius 1 is 1.11 bits per heavy atom. The van der Waals surface area contributed by atoms with Gasteiger partial charge >= 0.3 is 6.18 Å². The number of amides is 1. The molecule has 0 fully saturated rings. The van der Waals surface area contributed by atoms with Crippen LogP contribution in [-0.4, -0.2) is 22.4 Å². The summed E-state index contributed by atoms with van der Waals surface area (Å²) in [5, 5.41) is 0. The highest BCUT2D eigenvalue weighted by Gasteiger charge is 2.30. The molecule has 1 amide bonds. The van der Waals surface area contributed by atoms with Crippen molar-refractivity contribution in [1.29, 1.82) is 0 Å². The second-order valence-corrected chi connectivity index (χ2v) is 5.77. The van der Waals surface area contributed by atoms with Gasteiger partial charge in [0.25, 0.3) is 5.91 Å². The number of anilines is 1. The molecule has 3 rings (SSSR count). The fraction of sp³-hybridized carbons (Fsp3) is 0.150. The number of ether oxygens (including phenoxy) is 1. The van der Waals surface area contributed by atoms with Crippen LogP contribution < -0.4 is 9.64 Å². The van der Waals surface area contributed by atoms with Crippen molar-refractivity contribution in [2.75, 3.05) is 11.4 Å². The predicted octanol–water partition coefficient (Wildman–Crippen LogP) is 4.95. The molecule has 0 saturated heterocycles. The van der Waals surface area contributed by atoms with Gasteiger partial charge in [-0.05, 0) is 43.3 Å². The van der Waals surface area contributed by atoms with Gasteiger partial charge in [0.05, 0.1) is 23.0 Å². The molecule has 0 aliphatic heterocycles. The average molecular weight is 387 g/mol. The molecule has 0 aliphatic carbocycles. The minimum atomic E-state index is -4.46. The average Bonchev–Trinajstić information content (AvgIpc) is 2.69. The van der Waals surface area contributed by atoms with Crippen LogP contribution in [0, 0.1) is 0 Å². The van der Waals surface area contributed by atoms with Crippen molar-refractivity contribution >= 4 is 11.6 Å². The number of pyridine rings is 2. The second-order valence-electron chi connectivity index (χ2n) is 5.77. The second kappa shape index (κ2) is 8.08. The number of hydrogen-bond acceptors (Lipinski definition) is 4. The molecule has 28 heavy (non-hydrogen) atoms. The highest BCUT2D eigenvalue weighted by atomic mass is 19.4. The number of rotatable bonds is 5. The molecule has 8 heteroatoms. The molecule has 0 N–H and O–H groups in total. The number of halogens is 3. The van der Waals surface area contributed by atoms with Crippen LogP contribution in [0.4, 0.5) is 18.9 Å². The summed E-state index contributed by atoms with van der Waals surface area (Å²) >= 11 is 0. The van der Waals surface area contributed by atoms with E-state index in [9.17, 15) is 18.0 Å². The summed E-state index contributed by atoms with van der Waals surface area (Å²) in [5.41, 5.74) is 0.160. The number of carbonyl (C=O) groups is 1. The number of hydrogen-bond donors (Lipinski definition) is 0. The Bertz CT molecular complexity index is 945. The third-order valence-electron chi connectivity index (χ3n) is 3.89. The van der Waals surface area contributed by atoms with Crippen LogP contribution in [-0.2, 0) is 6.18 Å². The highest BCUT2D eigenvalue weighted by molar-refractivity contribution is 6.05. The number of nitrogens with zero attached hydrogens (tertiary/aromatic N) is 3. The van der Waals surface area contributed by atoms with Crippen molar-refractivity contribution in [2.45, 2.75) is 13.1 Å². The summed E-state index contributed by atoms with van der Waals surface area (Å²) in [6.45, 7) is 2.27. The smallest absolute Gasteiger partial charge is 0.416 e. The van der Waals surface area contributed by atoms with E-state index in [-0.39, 0.29) is 17.5 Å². The van der Waals surface area contributed by atoms with Crippen LogP contribution in [0.5, 0.6) is 11.6 Å². The third-order valence-corrected chi connectivity index (χ3v) is 3.89. The molecular weight excluding hydrogens is 371 g/mol. The largest absolute Gasteiger partial charge is 0.439 e. The molecule has 0 saturated carbocycles. The molecule has 3 aromatic rings. The Kier molecular flexibility index (Phi) is 5.58. The maximum absolute atomic E-state index is 12.8. The van der Waals surface area contributed by atoms with Crippen LogP contribution in [0.15, 0.2) is 67.1 Å². The van der Waals surface area contributed by atoms with E-state index in [1.807, 2.05) is 6.92 Å². The van der Waals surface area contributed by atoms with E-state index < -0.39 is 11.7 Å². The van der Waals surface area contributed by atoms with Gasteiger partial charge in [-0.15, -0.1) is 0 Å². The lowest BCUT2D eigenvalue weighted by Gasteiger charge is -2.20. The monoisotopic (exact) mass is 387 g/mol. The van der Waals surface area contributed by atoms with Crippen LogP contribution in [0.25, 0.3) is 0 Å². The molecule has 2 aromatic heterocycles. The fourth-order valence-electron chi connectivity index (χ4n) is 2.54. The molecule has 5 nitrogen and oxygen atoms in total. The van der Waals surface area contributed by atoms with E-state index in [4.69, 9.17) is 4.74 Å². The zero-order valence-electron chi connectivity index (χ0n) is 14.8. The maximum atomic E-state index is 12.8. The summed E-state index contributed by atoms with van der Waals surface area (Å²) < 4.78 is 43.7. The van der Waals surface area contributed by atoms with Crippen LogP contribution in [0.3, 0.4) is 0 Å². The lowest BCUT2D eigenvalue weighted by atomic mass is 10.2. The van der Waals surface area contributed by atoms with E-state index in [1.165, 1.54) is 35.4 Å². The fourth-order valence-corrected chi connectivity index (χ4v) is 2.54. The molecule has 0 bridgehead atoms. The summed E-state index contributed by atoms with van der Waals surface area (Å²) in [5.74, 6) is -0.180. The van der Waals surface area contributed by atoms with Gasteiger partial charge < -0.3 is 9.64 Å². The van der Waals surface area contributed by atoms with Crippen molar-refractivity contribution < 1.29 is 22.7 Å². The van der Waals surface area contributed by atoms with Crippen LogP contribution >= 0.6 is 0 Å². The zero-order valence-corrected chi connectivity index (χ0v) is 14.8. The highest BCUT2D eigenvalue weighted by Crippen LogP contribution is 2.32. The Morgan fingerprint density at radius 2 is 1.93 bits per heavy atom. The molecule has 1 aromatic carbocycles. The van der Waals surface area contributed by atoms with Gasteiger partial charge in [-0.3, -0.25) is 9.78 Å². The van der Waals surface area contributed by atoms with Gasteiger partial charge in [-0.25, -0.2) is 4.98 Å². The van der Waals surface area contributed by atoms with Gasteiger partial charge in [0.1, 0.15) is 5.75 Å². The minimum absolute atomic E-state index is 0.00643. The van der Waals surface area contributed by atoms with E-state index in [0.717, 1.165) is 12.1 Å². The van der Waals surface area contributed by atoms with Crippen LogP contribution in [0.1, 0.15) is 22.8 Å². The van der Waals surface area contributed by atoms with E-state index >= 15 is 0 Å². The third kappa shape index (κ3) is 4.46. The van der Waals surface area contributed by atoms with Crippen molar-refractivity contribution in [3.63, 3.8) is 0 Å². The van der Waals surface area contributed by atoms with Crippen molar-refractivity contribution in [1.82, 2.24) is 9.97 Å². The van der Waals surface area contributed by atoms with Crippen LogP contribution in [0.2, 0.25) is 0 Å². The van der Waals surface area contributed by atoms with Gasteiger partial charge in [-0.2, -0.15) is 13.2 Å². The summed E-state index contributed by atoms with van der Waals surface area (Å²) in [4.78, 5) is 22.3. The molecule has 0 unspecified atom stereocenters. The first-order valence-electron chi connectivity index (χ1n) is 8.41. The number of benzene rings is 1. The zero-order chi connectivity index (χ0) is 20.1. The molecular formula is C20H16F3N3O2. The Balaban J connectivity index is 1.76. The van der Waals surface area contributed by atoms with Crippen molar-refractivity contribution in [2.24, 2.45) is 0 Å². The molecule has 0 radical (unpaired) electrons. The van der Waals surface area contributed by atoms with Crippen molar-refractivity contribution in [3.8, 4) is 11.6 Å². The van der Waals surface area contributed by atoms with Crippen molar-refractivity contribution in [3.05, 3.63) is 78.2 Å². The predicted molar refractivity (Wildman–Crippen MR) is 97.3 cm³/mol. The first-order chi connectivity index (χ1) is 13.4. The summed E-state index contributed by atoms with van der Waals surface area (Å²) in [7, 11) is 0. The maximum Gasteiger partial charge on any atom is 0.416 e. The Morgan fingerprint density at radius 3 is 2.54 bits per heavy atom. The van der Waals surface area contributed by atoms with E-state index in [0.29, 0.717) is 17.8 Å². The Hall–Kier alpha value is -3.42. The normalized spacial score (nSPS) is 11.1. The van der Waals surface area contributed by atoms with Gasteiger partial charge in [0.15, 0.2) is 0 Å². The number of aromatic nitrogens is 2. The number of carbonyl (C=O) groups excluding carboxylic acids is 1. The van der Waals surface area contributed by atoms with Gasteiger partial charge in [0.2, 0.25) is 5.88 Å². The van der Waals surface area contributed by atoms with E-state index in [1.54, 1.807) is 24.5 Å². The quantitative estimate of drug-likeness (QED) is 0.621. The van der Waals surface area contributed by atoms with Gasteiger partial charge in [-0.1, -0.05) is 6.07 Å². The van der Waals surface area contributed by atoms with Gasteiger partial charge in [0, 0.05) is 25.0 Å². The molecule has 0 spiro atoms. The summed E-state index contributed by atoms with van der Waals surface area (Å²) in [6.07, 6.45) is 0.0620.